The maximum Gasteiger partial charge on any atom is 0.126 e. The Hall–Kier alpha value is -0.790. The maximum atomic E-state index is 10.5. The standard InChI is InChI=1S/C9H15NO/c1-9(2)4-7(6-11)3-8(10)5-9/h3,6-7H,4-5,10H2,1-2H3. The summed E-state index contributed by atoms with van der Waals surface area (Å²) in [6, 6.07) is 0. The van der Waals surface area contributed by atoms with E-state index in [1.807, 2.05) is 6.08 Å². The summed E-state index contributed by atoms with van der Waals surface area (Å²) in [5.41, 5.74) is 6.74. The van der Waals surface area contributed by atoms with E-state index in [-0.39, 0.29) is 11.3 Å². The highest BCUT2D eigenvalue weighted by Gasteiger charge is 2.27. The van der Waals surface area contributed by atoms with Crippen LogP contribution in [-0.2, 0) is 4.79 Å². The summed E-state index contributed by atoms with van der Waals surface area (Å²) in [5, 5.41) is 0. The smallest absolute Gasteiger partial charge is 0.126 e. The predicted octanol–water partition coefficient (Wildman–Crippen LogP) is 1.46. The summed E-state index contributed by atoms with van der Waals surface area (Å²) in [7, 11) is 0. The van der Waals surface area contributed by atoms with Gasteiger partial charge in [-0.1, -0.05) is 19.9 Å². The SMILES string of the molecule is CC1(C)CC(N)=CC(C=O)C1. The molecule has 11 heavy (non-hydrogen) atoms. The normalized spacial score (nSPS) is 29.3. The van der Waals surface area contributed by atoms with Gasteiger partial charge >= 0.3 is 0 Å². The fraction of sp³-hybridized carbons (Fsp3) is 0.667. The molecule has 1 rings (SSSR count). The van der Waals surface area contributed by atoms with Crippen LogP contribution >= 0.6 is 0 Å². The molecule has 0 saturated heterocycles. The number of rotatable bonds is 1. The molecule has 1 atom stereocenters. The van der Waals surface area contributed by atoms with Crippen molar-refractivity contribution >= 4 is 6.29 Å². The highest BCUT2D eigenvalue weighted by Crippen LogP contribution is 2.35. The lowest BCUT2D eigenvalue weighted by atomic mass is 9.75. The lowest BCUT2D eigenvalue weighted by Gasteiger charge is -2.31. The van der Waals surface area contributed by atoms with Gasteiger partial charge < -0.3 is 10.5 Å². The van der Waals surface area contributed by atoms with Gasteiger partial charge in [0.2, 0.25) is 0 Å². The van der Waals surface area contributed by atoms with Crippen LogP contribution in [0.2, 0.25) is 0 Å². The summed E-state index contributed by atoms with van der Waals surface area (Å²) in [6.07, 6.45) is 4.70. The molecular weight excluding hydrogens is 138 g/mol. The van der Waals surface area contributed by atoms with Crippen LogP contribution in [0.1, 0.15) is 26.7 Å². The summed E-state index contributed by atoms with van der Waals surface area (Å²) in [6.45, 7) is 4.28. The average Bonchev–Trinajstić information content (AvgIpc) is 1.83. The minimum absolute atomic E-state index is 0.0405. The van der Waals surface area contributed by atoms with Crippen molar-refractivity contribution in [2.45, 2.75) is 26.7 Å². The molecule has 62 valence electrons. The molecule has 0 aliphatic heterocycles. The van der Waals surface area contributed by atoms with Crippen molar-refractivity contribution in [2.75, 3.05) is 0 Å². The van der Waals surface area contributed by atoms with Gasteiger partial charge in [-0.15, -0.1) is 0 Å². The van der Waals surface area contributed by atoms with Gasteiger partial charge in [0.25, 0.3) is 0 Å². The number of aldehydes is 1. The first-order valence-electron chi connectivity index (χ1n) is 3.95. The van der Waals surface area contributed by atoms with Gasteiger partial charge in [-0.05, 0) is 18.3 Å². The van der Waals surface area contributed by atoms with Gasteiger partial charge in [-0.25, -0.2) is 0 Å². The van der Waals surface area contributed by atoms with Gasteiger partial charge in [-0.3, -0.25) is 0 Å². The lowest BCUT2D eigenvalue weighted by molar-refractivity contribution is -0.110. The summed E-state index contributed by atoms with van der Waals surface area (Å²) < 4.78 is 0. The zero-order valence-electron chi connectivity index (χ0n) is 7.13. The van der Waals surface area contributed by atoms with Crippen LogP contribution in [0.25, 0.3) is 0 Å². The molecule has 0 heterocycles. The summed E-state index contributed by atoms with van der Waals surface area (Å²) in [4.78, 5) is 10.5. The molecule has 0 radical (unpaired) electrons. The van der Waals surface area contributed by atoms with E-state index in [1.165, 1.54) is 0 Å². The molecule has 0 aromatic carbocycles. The molecule has 0 saturated carbocycles. The van der Waals surface area contributed by atoms with Crippen LogP contribution in [0.4, 0.5) is 0 Å². The second-order valence-corrected chi connectivity index (χ2v) is 4.09. The van der Waals surface area contributed by atoms with Gasteiger partial charge in [0.05, 0.1) is 0 Å². The number of allylic oxidation sites excluding steroid dienone is 2. The Morgan fingerprint density at radius 2 is 2.36 bits per heavy atom. The Kier molecular flexibility index (Phi) is 2.03. The highest BCUT2D eigenvalue weighted by molar-refractivity contribution is 5.57. The molecule has 1 aliphatic rings. The van der Waals surface area contributed by atoms with Crippen molar-refractivity contribution in [1.29, 1.82) is 0 Å². The fourth-order valence-corrected chi connectivity index (χ4v) is 1.74. The third-order valence-electron chi connectivity index (χ3n) is 2.07. The third kappa shape index (κ3) is 2.07. The summed E-state index contributed by atoms with van der Waals surface area (Å²) >= 11 is 0. The molecule has 0 fully saturated rings. The Morgan fingerprint density at radius 3 is 2.82 bits per heavy atom. The Labute approximate surface area is 67.5 Å². The number of carbonyl (C=O) groups is 1. The van der Waals surface area contributed by atoms with Crippen LogP contribution in [0, 0.1) is 11.3 Å². The molecule has 0 spiro atoms. The summed E-state index contributed by atoms with van der Waals surface area (Å²) in [5.74, 6) is 0.0405. The monoisotopic (exact) mass is 153 g/mol. The Bertz CT molecular complexity index is 194. The van der Waals surface area contributed by atoms with Crippen molar-refractivity contribution in [2.24, 2.45) is 17.1 Å². The van der Waals surface area contributed by atoms with E-state index in [0.29, 0.717) is 0 Å². The highest BCUT2D eigenvalue weighted by atomic mass is 16.1. The quantitative estimate of drug-likeness (QED) is 0.579. The van der Waals surface area contributed by atoms with E-state index in [2.05, 4.69) is 13.8 Å². The largest absolute Gasteiger partial charge is 0.402 e. The predicted molar refractivity (Wildman–Crippen MR) is 44.8 cm³/mol. The molecule has 2 N–H and O–H groups in total. The van der Waals surface area contributed by atoms with E-state index < -0.39 is 0 Å². The van der Waals surface area contributed by atoms with Crippen LogP contribution in [-0.4, -0.2) is 6.29 Å². The molecule has 0 aromatic heterocycles. The van der Waals surface area contributed by atoms with E-state index in [1.54, 1.807) is 0 Å². The number of hydrogen-bond donors (Lipinski definition) is 1. The van der Waals surface area contributed by atoms with Crippen LogP contribution in [0.3, 0.4) is 0 Å². The van der Waals surface area contributed by atoms with Crippen molar-refractivity contribution in [3.63, 3.8) is 0 Å². The zero-order valence-corrected chi connectivity index (χ0v) is 7.13. The second-order valence-electron chi connectivity index (χ2n) is 4.09. The maximum absolute atomic E-state index is 10.5. The van der Waals surface area contributed by atoms with E-state index >= 15 is 0 Å². The van der Waals surface area contributed by atoms with Gasteiger partial charge in [0.15, 0.2) is 0 Å². The zero-order chi connectivity index (χ0) is 8.48. The first-order valence-corrected chi connectivity index (χ1v) is 3.95. The van der Waals surface area contributed by atoms with Crippen LogP contribution in [0.15, 0.2) is 11.8 Å². The molecule has 0 amide bonds. The molecule has 1 aliphatic carbocycles. The average molecular weight is 153 g/mol. The minimum atomic E-state index is 0.0405. The molecule has 0 bridgehead atoms. The first-order chi connectivity index (χ1) is 5.03. The molecule has 1 unspecified atom stereocenters. The molecule has 2 heteroatoms. The number of nitrogens with two attached hydrogens (primary N) is 1. The lowest BCUT2D eigenvalue weighted by Crippen LogP contribution is -2.25. The van der Waals surface area contributed by atoms with Crippen molar-refractivity contribution in [3.05, 3.63) is 11.8 Å². The van der Waals surface area contributed by atoms with Gasteiger partial charge in [0.1, 0.15) is 6.29 Å². The van der Waals surface area contributed by atoms with E-state index in [0.717, 1.165) is 24.8 Å². The molecular formula is C9H15NO. The number of hydrogen-bond acceptors (Lipinski definition) is 2. The number of carbonyl (C=O) groups excluding carboxylic acids is 1. The van der Waals surface area contributed by atoms with Crippen LogP contribution in [0.5, 0.6) is 0 Å². The van der Waals surface area contributed by atoms with E-state index in [4.69, 9.17) is 5.73 Å². The van der Waals surface area contributed by atoms with Gasteiger partial charge in [0, 0.05) is 11.6 Å². The van der Waals surface area contributed by atoms with Gasteiger partial charge in [-0.2, -0.15) is 0 Å². The topological polar surface area (TPSA) is 43.1 Å². The van der Waals surface area contributed by atoms with Crippen molar-refractivity contribution < 1.29 is 4.79 Å². The molecule has 0 aromatic rings. The van der Waals surface area contributed by atoms with Crippen molar-refractivity contribution in [3.8, 4) is 0 Å². The van der Waals surface area contributed by atoms with Crippen LogP contribution < -0.4 is 5.73 Å². The molecule has 2 nitrogen and oxygen atoms in total. The third-order valence-corrected chi connectivity index (χ3v) is 2.07. The Morgan fingerprint density at radius 1 is 1.73 bits per heavy atom. The fourth-order valence-electron chi connectivity index (χ4n) is 1.74. The first kappa shape index (κ1) is 8.31. The second kappa shape index (κ2) is 2.68. The van der Waals surface area contributed by atoms with Crippen molar-refractivity contribution in [1.82, 2.24) is 0 Å². The minimum Gasteiger partial charge on any atom is -0.402 e. The Balaban J connectivity index is 2.76. The van der Waals surface area contributed by atoms with E-state index in [9.17, 15) is 4.79 Å².